The molecule has 0 aliphatic rings. The fourth-order valence-corrected chi connectivity index (χ4v) is 3.11. The molecule has 3 heteroatoms. The van der Waals surface area contributed by atoms with Crippen molar-refractivity contribution in [1.29, 1.82) is 0 Å². The molecule has 0 saturated heterocycles. The summed E-state index contributed by atoms with van der Waals surface area (Å²) in [5.41, 5.74) is 5.30. The van der Waals surface area contributed by atoms with Crippen LogP contribution in [-0.2, 0) is 0 Å². The van der Waals surface area contributed by atoms with Gasteiger partial charge in [0, 0.05) is 5.56 Å². The van der Waals surface area contributed by atoms with Crippen molar-refractivity contribution in [2.45, 2.75) is 6.92 Å². The predicted molar refractivity (Wildman–Crippen MR) is 102 cm³/mol. The molecule has 0 bridgehead atoms. The molecule has 1 heterocycles. The molecule has 0 unspecified atom stereocenters. The van der Waals surface area contributed by atoms with E-state index in [1.807, 2.05) is 91.9 Å². The van der Waals surface area contributed by atoms with E-state index in [1.165, 1.54) is 0 Å². The van der Waals surface area contributed by atoms with E-state index in [0.717, 1.165) is 28.1 Å². The second-order valence-corrected chi connectivity index (χ2v) is 6.02. The van der Waals surface area contributed by atoms with Crippen molar-refractivity contribution in [3.63, 3.8) is 0 Å². The molecular weight excluding hydrogens is 308 g/mol. The van der Waals surface area contributed by atoms with Crippen LogP contribution in [0, 0.1) is 6.92 Å². The van der Waals surface area contributed by atoms with Gasteiger partial charge in [0.05, 0.1) is 16.9 Å². The summed E-state index contributed by atoms with van der Waals surface area (Å²) < 4.78 is 1.64. The van der Waals surface area contributed by atoms with Crippen LogP contribution >= 0.6 is 0 Å². The summed E-state index contributed by atoms with van der Waals surface area (Å²) in [6.07, 6.45) is 0. The van der Waals surface area contributed by atoms with Gasteiger partial charge in [0.25, 0.3) is 5.56 Å². The lowest BCUT2D eigenvalue weighted by atomic mass is 10.0. The van der Waals surface area contributed by atoms with E-state index >= 15 is 0 Å². The highest BCUT2D eigenvalue weighted by Gasteiger charge is 2.18. The van der Waals surface area contributed by atoms with Gasteiger partial charge in [0.2, 0.25) is 0 Å². The molecule has 122 valence electrons. The van der Waals surface area contributed by atoms with Crippen LogP contribution in [0.25, 0.3) is 28.1 Å². The summed E-state index contributed by atoms with van der Waals surface area (Å²) in [7, 11) is 0. The third-order valence-corrected chi connectivity index (χ3v) is 4.37. The lowest BCUT2D eigenvalue weighted by Gasteiger charge is -2.05. The van der Waals surface area contributed by atoms with Gasteiger partial charge in [-0.1, -0.05) is 78.9 Å². The van der Waals surface area contributed by atoms with Crippen LogP contribution in [-0.4, -0.2) is 9.78 Å². The molecule has 0 fully saturated rings. The average Bonchev–Trinajstić information content (AvgIpc) is 3.01. The van der Waals surface area contributed by atoms with Gasteiger partial charge in [-0.3, -0.25) is 9.89 Å². The Morgan fingerprint density at radius 2 is 1.28 bits per heavy atom. The Balaban J connectivity index is 2.03. The van der Waals surface area contributed by atoms with Gasteiger partial charge in [0.15, 0.2) is 0 Å². The van der Waals surface area contributed by atoms with E-state index in [-0.39, 0.29) is 5.56 Å². The number of nitrogens with one attached hydrogen (secondary N) is 1. The molecule has 0 aliphatic carbocycles. The Bertz CT molecular complexity index is 1060. The topological polar surface area (TPSA) is 37.8 Å². The van der Waals surface area contributed by atoms with Crippen molar-refractivity contribution in [1.82, 2.24) is 9.78 Å². The van der Waals surface area contributed by atoms with Gasteiger partial charge in [-0.25, -0.2) is 4.68 Å². The average molecular weight is 326 g/mol. The zero-order valence-corrected chi connectivity index (χ0v) is 13.9. The molecule has 0 atom stereocenters. The van der Waals surface area contributed by atoms with Crippen molar-refractivity contribution < 1.29 is 0 Å². The van der Waals surface area contributed by atoms with E-state index < -0.39 is 0 Å². The first-order chi connectivity index (χ1) is 12.3. The molecule has 0 radical (unpaired) electrons. The van der Waals surface area contributed by atoms with Crippen molar-refractivity contribution in [3.8, 4) is 28.1 Å². The molecule has 3 nitrogen and oxygen atoms in total. The van der Waals surface area contributed by atoms with Crippen LogP contribution in [0.1, 0.15) is 5.56 Å². The Kier molecular flexibility index (Phi) is 3.82. The van der Waals surface area contributed by atoms with Crippen LogP contribution in [0.3, 0.4) is 0 Å². The smallest absolute Gasteiger partial charge is 0.279 e. The van der Waals surface area contributed by atoms with E-state index in [0.29, 0.717) is 5.56 Å². The first kappa shape index (κ1) is 15.2. The van der Waals surface area contributed by atoms with E-state index in [1.54, 1.807) is 4.68 Å². The van der Waals surface area contributed by atoms with Gasteiger partial charge in [0.1, 0.15) is 0 Å². The number of aromatic nitrogens is 2. The van der Waals surface area contributed by atoms with Crippen LogP contribution in [0.15, 0.2) is 89.7 Å². The number of benzene rings is 3. The summed E-state index contributed by atoms with van der Waals surface area (Å²) in [4.78, 5) is 13.2. The normalized spacial score (nSPS) is 10.8. The SMILES string of the molecule is Cc1ccccc1-n1[nH]c(-c2ccccc2)c(-c2ccccc2)c1=O. The van der Waals surface area contributed by atoms with Gasteiger partial charge >= 0.3 is 0 Å². The maximum Gasteiger partial charge on any atom is 0.279 e. The lowest BCUT2D eigenvalue weighted by molar-refractivity contribution is 0.846. The van der Waals surface area contributed by atoms with Crippen molar-refractivity contribution in [3.05, 3.63) is 101 Å². The molecule has 1 aromatic heterocycles. The largest absolute Gasteiger partial charge is 0.290 e. The Hall–Kier alpha value is -3.33. The number of aromatic amines is 1. The van der Waals surface area contributed by atoms with E-state index in [4.69, 9.17) is 0 Å². The Morgan fingerprint density at radius 1 is 0.720 bits per heavy atom. The zero-order valence-electron chi connectivity index (χ0n) is 13.9. The van der Waals surface area contributed by atoms with Crippen LogP contribution in [0.5, 0.6) is 0 Å². The van der Waals surface area contributed by atoms with Gasteiger partial charge in [-0.05, 0) is 24.1 Å². The maximum absolute atomic E-state index is 13.2. The molecule has 1 N–H and O–H groups in total. The highest BCUT2D eigenvalue weighted by molar-refractivity contribution is 5.80. The summed E-state index contributed by atoms with van der Waals surface area (Å²) in [5, 5.41) is 3.33. The summed E-state index contributed by atoms with van der Waals surface area (Å²) in [6, 6.07) is 27.6. The minimum Gasteiger partial charge on any atom is -0.290 e. The third kappa shape index (κ3) is 2.70. The zero-order chi connectivity index (χ0) is 17.2. The van der Waals surface area contributed by atoms with Crippen molar-refractivity contribution in [2.75, 3.05) is 0 Å². The van der Waals surface area contributed by atoms with E-state index in [2.05, 4.69) is 5.10 Å². The summed E-state index contributed by atoms with van der Waals surface area (Å²) in [6.45, 7) is 2.01. The minimum absolute atomic E-state index is 0.0423. The molecule has 4 aromatic rings. The molecular formula is C22H18N2O. The van der Waals surface area contributed by atoms with Crippen LogP contribution in [0.4, 0.5) is 0 Å². The molecule has 0 amide bonds. The molecule has 0 saturated carbocycles. The first-order valence-electron chi connectivity index (χ1n) is 8.27. The van der Waals surface area contributed by atoms with Crippen LogP contribution in [0.2, 0.25) is 0 Å². The molecule has 0 spiro atoms. The maximum atomic E-state index is 13.2. The first-order valence-corrected chi connectivity index (χ1v) is 8.27. The molecule has 0 aliphatic heterocycles. The quantitative estimate of drug-likeness (QED) is 0.576. The van der Waals surface area contributed by atoms with E-state index in [9.17, 15) is 4.79 Å². The second-order valence-electron chi connectivity index (χ2n) is 6.02. The number of rotatable bonds is 3. The molecule has 25 heavy (non-hydrogen) atoms. The standard InChI is InChI=1S/C22H18N2O/c1-16-10-8-9-15-19(16)24-22(25)20(17-11-4-2-5-12-17)21(23-24)18-13-6-3-7-14-18/h2-15,23H,1H3. The number of H-pyrrole nitrogens is 1. The van der Waals surface area contributed by atoms with Crippen molar-refractivity contribution >= 4 is 0 Å². The van der Waals surface area contributed by atoms with Crippen molar-refractivity contribution in [2.24, 2.45) is 0 Å². The third-order valence-electron chi connectivity index (χ3n) is 4.37. The number of hydrogen-bond donors (Lipinski definition) is 1. The number of aryl methyl sites for hydroxylation is 1. The number of hydrogen-bond acceptors (Lipinski definition) is 1. The Labute approximate surface area is 146 Å². The molecule has 4 rings (SSSR count). The fourth-order valence-electron chi connectivity index (χ4n) is 3.11. The second kappa shape index (κ2) is 6.29. The molecule has 3 aromatic carbocycles. The highest BCUT2D eigenvalue weighted by atomic mass is 16.1. The summed E-state index contributed by atoms with van der Waals surface area (Å²) >= 11 is 0. The number of nitrogens with zero attached hydrogens (tertiary/aromatic N) is 1. The number of para-hydroxylation sites is 1. The highest BCUT2D eigenvalue weighted by Crippen LogP contribution is 2.28. The van der Waals surface area contributed by atoms with Gasteiger partial charge in [-0.2, -0.15) is 0 Å². The fraction of sp³-hybridized carbons (Fsp3) is 0.0455. The van der Waals surface area contributed by atoms with Gasteiger partial charge in [-0.15, -0.1) is 0 Å². The summed E-state index contributed by atoms with van der Waals surface area (Å²) in [5.74, 6) is 0. The van der Waals surface area contributed by atoms with Crippen LogP contribution < -0.4 is 5.56 Å². The minimum atomic E-state index is -0.0423. The predicted octanol–water partition coefficient (Wildman–Crippen LogP) is 4.81. The monoisotopic (exact) mass is 326 g/mol. The van der Waals surface area contributed by atoms with Gasteiger partial charge < -0.3 is 0 Å². The lowest BCUT2D eigenvalue weighted by Crippen LogP contribution is -2.16. The Morgan fingerprint density at radius 3 is 1.92 bits per heavy atom.